The molecule has 3 aromatic rings. The monoisotopic (exact) mass is 353 g/mol. The van der Waals surface area contributed by atoms with Gasteiger partial charge in [0.1, 0.15) is 5.69 Å². The van der Waals surface area contributed by atoms with Gasteiger partial charge in [-0.1, -0.05) is 18.2 Å². The maximum absolute atomic E-state index is 11.1. The second-order valence-corrected chi connectivity index (χ2v) is 5.66. The van der Waals surface area contributed by atoms with E-state index in [-0.39, 0.29) is 11.4 Å². The van der Waals surface area contributed by atoms with Gasteiger partial charge in [0, 0.05) is 35.3 Å². The van der Waals surface area contributed by atoms with E-state index >= 15 is 0 Å². The molecule has 0 fully saturated rings. The summed E-state index contributed by atoms with van der Waals surface area (Å²) in [5, 5.41) is 27.0. The average molecular weight is 353 g/mol. The van der Waals surface area contributed by atoms with Gasteiger partial charge in [-0.25, -0.2) is 0 Å². The van der Waals surface area contributed by atoms with Crippen LogP contribution >= 0.6 is 0 Å². The number of nitro benzene ring substituents is 2. The molecule has 9 nitrogen and oxygen atoms in total. The van der Waals surface area contributed by atoms with Crippen LogP contribution in [-0.4, -0.2) is 20.6 Å². The van der Waals surface area contributed by atoms with Crippen molar-refractivity contribution in [1.29, 1.82) is 0 Å². The molecule has 9 heteroatoms. The van der Waals surface area contributed by atoms with Crippen molar-refractivity contribution in [2.24, 2.45) is 12.1 Å². The van der Waals surface area contributed by atoms with Crippen molar-refractivity contribution in [3.8, 4) is 0 Å². The molecule has 2 aromatic carbocycles. The highest BCUT2D eigenvalue weighted by Gasteiger charge is 2.19. The maximum atomic E-state index is 11.1. The summed E-state index contributed by atoms with van der Waals surface area (Å²) in [7, 11) is 1.95. The molecule has 1 heterocycles. The molecular formula is C17H15N5O4. The van der Waals surface area contributed by atoms with Crippen LogP contribution in [0, 0.1) is 27.2 Å². The zero-order valence-corrected chi connectivity index (χ0v) is 14.0. The number of aryl methyl sites for hydroxylation is 1. The number of hydrazone groups is 1. The highest BCUT2D eigenvalue weighted by molar-refractivity contribution is 6.01. The second kappa shape index (κ2) is 6.63. The Hall–Kier alpha value is -3.75. The van der Waals surface area contributed by atoms with Crippen molar-refractivity contribution in [1.82, 2.24) is 4.57 Å². The van der Waals surface area contributed by atoms with Gasteiger partial charge >= 0.3 is 5.69 Å². The van der Waals surface area contributed by atoms with Gasteiger partial charge in [0.2, 0.25) is 0 Å². The van der Waals surface area contributed by atoms with Crippen molar-refractivity contribution < 1.29 is 9.85 Å². The number of benzene rings is 2. The topological polar surface area (TPSA) is 116 Å². The number of non-ortho nitro benzene ring substituents is 1. The molecule has 26 heavy (non-hydrogen) atoms. The van der Waals surface area contributed by atoms with Gasteiger partial charge < -0.3 is 4.57 Å². The lowest BCUT2D eigenvalue weighted by Crippen LogP contribution is -1.99. The Morgan fingerprint density at radius 3 is 2.54 bits per heavy atom. The third kappa shape index (κ3) is 2.97. The number of fused-ring (bicyclic) bond motifs is 1. The summed E-state index contributed by atoms with van der Waals surface area (Å²) in [5.74, 6) is 0. The summed E-state index contributed by atoms with van der Waals surface area (Å²) in [6.45, 7) is 1.95. The van der Waals surface area contributed by atoms with Crippen LogP contribution < -0.4 is 5.43 Å². The molecule has 0 aliphatic heterocycles. The van der Waals surface area contributed by atoms with Crippen molar-refractivity contribution in [2.45, 2.75) is 6.92 Å². The number of hydrogen-bond donors (Lipinski definition) is 1. The largest absolute Gasteiger partial charge is 0.347 e. The van der Waals surface area contributed by atoms with E-state index in [1.807, 2.05) is 42.8 Å². The molecule has 0 saturated heterocycles. The molecule has 0 aliphatic carbocycles. The fourth-order valence-corrected chi connectivity index (χ4v) is 2.76. The van der Waals surface area contributed by atoms with Crippen LogP contribution in [0.15, 0.2) is 47.6 Å². The molecule has 0 unspecified atom stereocenters. The molecule has 3 rings (SSSR count). The Kier molecular flexibility index (Phi) is 4.36. The standard InChI is InChI=1S/C17H15N5O4/c1-11-14(13-5-3-4-6-16(13)20(11)2)10-18-19-15-8-7-12(21(23)24)9-17(15)22(25)26/h3-10,19H,1-2H3/b18-10-. The number of para-hydroxylation sites is 1. The summed E-state index contributed by atoms with van der Waals surface area (Å²) in [4.78, 5) is 20.6. The van der Waals surface area contributed by atoms with E-state index in [4.69, 9.17) is 0 Å². The van der Waals surface area contributed by atoms with E-state index in [9.17, 15) is 20.2 Å². The van der Waals surface area contributed by atoms with Crippen molar-refractivity contribution in [2.75, 3.05) is 5.43 Å². The Balaban J connectivity index is 1.94. The number of rotatable bonds is 5. The molecular weight excluding hydrogens is 338 g/mol. The molecule has 0 amide bonds. The molecule has 0 bridgehead atoms. The SMILES string of the molecule is Cc1c(/C=N\Nc2ccc([N+](=O)[O-])cc2[N+](=O)[O-])c2ccccc2n1C. The number of aromatic nitrogens is 1. The second-order valence-electron chi connectivity index (χ2n) is 5.66. The smallest absolute Gasteiger partial charge is 0.301 e. The quantitative estimate of drug-likeness (QED) is 0.426. The van der Waals surface area contributed by atoms with E-state index < -0.39 is 15.5 Å². The normalized spacial score (nSPS) is 11.2. The van der Waals surface area contributed by atoms with Crippen LogP contribution in [0.25, 0.3) is 10.9 Å². The minimum absolute atomic E-state index is 0.0785. The summed E-state index contributed by atoms with van der Waals surface area (Å²) < 4.78 is 2.03. The van der Waals surface area contributed by atoms with Gasteiger partial charge in [-0.15, -0.1) is 0 Å². The number of hydrogen-bond acceptors (Lipinski definition) is 6. The first kappa shape index (κ1) is 17.1. The minimum Gasteiger partial charge on any atom is -0.347 e. The summed E-state index contributed by atoms with van der Waals surface area (Å²) in [5.41, 5.74) is 4.86. The fourth-order valence-electron chi connectivity index (χ4n) is 2.76. The predicted octanol–water partition coefficient (Wildman–Crippen LogP) is 3.75. The van der Waals surface area contributed by atoms with Gasteiger partial charge in [-0.05, 0) is 19.1 Å². The van der Waals surface area contributed by atoms with Gasteiger partial charge in [0.25, 0.3) is 5.69 Å². The first-order chi connectivity index (χ1) is 12.4. The molecule has 1 aromatic heterocycles. The first-order valence-corrected chi connectivity index (χ1v) is 7.66. The van der Waals surface area contributed by atoms with E-state index in [0.29, 0.717) is 0 Å². The maximum Gasteiger partial charge on any atom is 0.301 e. The Morgan fingerprint density at radius 2 is 1.85 bits per heavy atom. The van der Waals surface area contributed by atoms with Gasteiger partial charge in [0.15, 0.2) is 0 Å². The van der Waals surface area contributed by atoms with Gasteiger partial charge in [-0.2, -0.15) is 5.10 Å². The third-order valence-corrected chi connectivity index (χ3v) is 4.22. The van der Waals surface area contributed by atoms with Crippen LogP contribution in [-0.2, 0) is 7.05 Å². The molecule has 1 N–H and O–H groups in total. The van der Waals surface area contributed by atoms with Gasteiger partial charge in [-0.3, -0.25) is 25.7 Å². The number of anilines is 1. The minimum atomic E-state index is -0.686. The first-order valence-electron chi connectivity index (χ1n) is 7.66. The van der Waals surface area contributed by atoms with E-state index in [1.54, 1.807) is 6.21 Å². The molecule has 0 aliphatic rings. The average Bonchev–Trinajstić information content (AvgIpc) is 2.86. The zero-order valence-electron chi connectivity index (χ0n) is 14.0. The summed E-state index contributed by atoms with van der Waals surface area (Å²) in [6.07, 6.45) is 1.59. The number of nitro groups is 2. The fraction of sp³-hybridized carbons (Fsp3) is 0.118. The number of nitrogens with one attached hydrogen (secondary N) is 1. The molecule has 0 spiro atoms. The van der Waals surface area contributed by atoms with Crippen LogP contribution in [0.5, 0.6) is 0 Å². The lowest BCUT2D eigenvalue weighted by atomic mass is 10.1. The zero-order chi connectivity index (χ0) is 18.8. The third-order valence-electron chi connectivity index (χ3n) is 4.22. The highest BCUT2D eigenvalue weighted by atomic mass is 16.6. The van der Waals surface area contributed by atoms with Crippen molar-refractivity contribution in [3.63, 3.8) is 0 Å². The predicted molar refractivity (Wildman–Crippen MR) is 98.6 cm³/mol. The van der Waals surface area contributed by atoms with Crippen LogP contribution in [0.1, 0.15) is 11.3 Å². The van der Waals surface area contributed by atoms with Crippen LogP contribution in [0.2, 0.25) is 0 Å². The summed E-state index contributed by atoms with van der Waals surface area (Å²) >= 11 is 0. The molecule has 0 atom stereocenters. The van der Waals surface area contributed by atoms with E-state index in [0.717, 1.165) is 28.2 Å². The Bertz CT molecular complexity index is 1050. The summed E-state index contributed by atoms with van der Waals surface area (Å²) in [6, 6.07) is 11.2. The molecule has 132 valence electrons. The number of nitrogens with zero attached hydrogens (tertiary/aromatic N) is 4. The lowest BCUT2D eigenvalue weighted by molar-refractivity contribution is -0.393. The van der Waals surface area contributed by atoms with E-state index in [1.165, 1.54) is 12.1 Å². The Morgan fingerprint density at radius 1 is 1.12 bits per heavy atom. The lowest BCUT2D eigenvalue weighted by Gasteiger charge is -2.02. The van der Waals surface area contributed by atoms with Gasteiger partial charge in [0.05, 0.1) is 22.1 Å². The van der Waals surface area contributed by atoms with Crippen molar-refractivity contribution >= 4 is 34.2 Å². The highest BCUT2D eigenvalue weighted by Crippen LogP contribution is 2.29. The molecule has 0 saturated carbocycles. The van der Waals surface area contributed by atoms with Crippen molar-refractivity contribution in [3.05, 3.63) is 74.0 Å². The molecule has 0 radical (unpaired) electrons. The Labute approximate surface area is 147 Å². The van der Waals surface area contributed by atoms with Crippen LogP contribution in [0.4, 0.5) is 17.1 Å². The van der Waals surface area contributed by atoms with Crippen LogP contribution in [0.3, 0.4) is 0 Å². The van der Waals surface area contributed by atoms with E-state index in [2.05, 4.69) is 10.5 Å².